The Morgan fingerprint density at radius 3 is 2.71 bits per heavy atom. The Morgan fingerprint density at radius 1 is 1.21 bits per heavy atom. The van der Waals surface area contributed by atoms with E-state index in [-0.39, 0.29) is 0 Å². The fourth-order valence-electron chi connectivity index (χ4n) is 2.96. The second-order valence-electron chi connectivity index (χ2n) is 5.44. The van der Waals surface area contributed by atoms with Crippen LogP contribution < -0.4 is 0 Å². The Balaban J connectivity index is 2.31. The number of rotatable bonds is 1. The molecule has 78 valence electrons. The summed E-state index contributed by atoms with van der Waals surface area (Å²) in [7, 11) is 0. The second kappa shape index (κ2) is 3.56. The summed E-state index contributed by atoms with van der Waals surface area (Å²) in [5, 5.41) is 0. The van der Waals surface area contributed by atoms with Crippen molar-refractivity contribution in [2.24, 2.45) is 11.3 Å². The molecule has 0 aliphatic heterocycles. The lowest BCUT2D eigenvalue weighted by molar-refractivity contribution is 0.380. The zero-order valence-electron chi connectivity index (χ0n) is 9.77. The van der Waals surface area contributed by atoms with Crippen LogP contribution in [0.1, 0.15) is 52.9 Å². The Hall–Kier alpha value is -0.520. The van der Waals surface area contributed by atoms with E-state index in [9.17, 15) is 0 Å². The fourth-order valence-corrected chi connectivity index (χ4v) is 2.96. The molecular weight excluding hydrogens is 168 g/mol. The van der Waals surface area contributed by atoms with Gasteiger partial charge in [0.15, 0.2) is 0 Å². The molecule has 0 saturated carbocycles. The Labute approximate surface area is 88.1 Å². The summed E-state index contributed by atoms with van der Waals surface area (Å²) in [5.74, 6) is 0.709. The quantitative estimate of drug-likeness (QED) is 0.572. The molecule has 1 unspecified atom stereocenters. The molecule has 0 bridgehead atoms. The number of hydrogen-bond donors (Lipinski definition) is 0. The standard InChI is InChI=1S/C14H22/c1-11(2)12-8-10-14(3)9-6-4-5-7-13(12)14/h7-8,11H,4-6,9-10H2,1-3H3. The van der Waals surface area contributed by atoms with Crippen LogP contribution in [0.5, 0.6) is 0 Å². The van der Waals surface area contributed by atoms with Crippen molar-refractivity contribution in [3.05, 3.63) is 23.3 Å². The van der Waals surface area contributed by atoms with Crippen molar-refractivity contribution in [3.8, 4) is 0 Å². The summed E-state index contributed by atoms with van der Waals surface area (Å²) >= 11 is 0. The molecular formula is C14H22. The predicted molar refractivity (Wildman–Crippen MR) is 62.2 cm³/mol. The number of hydrogen-bond acceptors (Lipinski definition) is 0. The smallest absolute Gasteiger partial charge is 0.00410 e. The summed E-state index contributed by atoms with van der Waals surface area (Å²) in [5.41, 5.74) is 3.82. The van der Waals surface area contributed by atoms with Crippen molar-refractivity contribution in [1.82, 2.24) is 0 Å². The molecule has 0 aromatic carbocycles. The van der Waals surface area contributed by atoms with Gasteiger partial charge in [0.1, 0.15) is 0 Å². The topological polar surface area (TPSA) is 0 Å². The molecule has 2 rings (SSSR count). The van der Waals surface area contributed by atoms with Crippen molar-refractivity contribution < 1.29 is 0 Å². The minimum atomic E-state index is 0.496. The number of allylic oxidation sites excluding steroid dienone is 4. The van der Waals surface area contributed by atoms with Gasteiger partial charge in [0, 0.05) is 0 Å². The first-order valence-corrected chi connectivity index (χ1v) is 6.04. The summed E-state index contributed by atoms with van der Waals surface area (Å²) in [4.78, 5) is 0. The average Bonchev–Trinajstić information content (AvgIpc) is 2.33. The molecule has 0 heteroatoms. The second-order valence-corrected chi connectivity index (χ2v) is 5.44. The molecule has 2 aliphatic rings. The molecule has 2 aliphatic carbocycles. The van der Waals surface area contributed by atoms with E-state index in [1.54, 1.807) is 11.1 Å². The van der Waals surface area contributed by atoms with E-state index in [2.05, 4.69) is 32.9 Å². The molecule has 1 atom stereocenters. The zero-order chi connectivity index (χ0) is 10.2. The molecule has 0 nitrogen and oxygen atoms in total. The maximum absolute atomic E-state index is 2.52. The van der Waals surface area contributed by atoms with E-state index < -0.39 is 0 Å². The average molecular weight is 190 g/mol. The first-order chi connectivity index (χ1) is 6.63. The first-order valence-electron chi connectivity index (χ1n) is 6.04. The molecule has 0 aromatic rings. The first kappa shape index (κ1) is 10.0. The molecule has 0 aromatic heterocycles. The van der Waals surface area contributed by atoms with E-state index in [1.807, 2.05) is 0 Å². The minimum absolute atomic E-state index is 0.496. The molecule has 0 N–H and O–H groups in total. The van der Waals surface area contributed by atoms with Crippen LogP contribution in [0.25, 0.3) is 0 Å². The van der Waals surface area contributed by atoms with Crippen LogP contribution in [0.2, 0.25) is 0 Å². The van der Waals surface area contributed by atoms with Gasteiger partial charge in [-0.1, -0.05) is 39.3 Å². The van der Waals surface area contributed by atoms with Crippen molar-refractivity contribution in [3.63, 3.8) is 0 Å². The Bertz CT molecular complexity index is 280. The fraction of sp³-hybridized carbons (Fsp3) is 0.714. The highest BCUT2D eigenvalue weighted by molar-refractivity contribution is 5.43. The third kappa shape index (κ3) is 1.55. The molecule has 0 heterocycles. The van der Waals surface area contributed by atoms with Crippen molar-refractivity contribution in [2.45, 2.75) is 52.9 Å². The summed E-state index contributed by atoms with van der Waals surface area (Å²) in [6.07, 6.45) is 11.8. The Kier molecular flexibility index (Phi) is 2.55. The van der Waals surface area contributed by atoms with Gasteiger partial charge < -0.3 is 0 Å². The van der Waals surface area contributed by atoms with Gasteiger partial charge in [-0.3, -0.25) is 0 Å². The largest absolute Gasteiger partial charge is 0.0805 e. The predicted octanol–water partition coefficient (Wildman–Crippen LogP) is 4.48. The maximum atomic E-state index is 2.52. The molecule has 0 radical (unpaired) electrons. The molecule has 0 amide bonds. The minimum Gasteiger partial charge on any atom is -0.0805 e. The third-order valence-corrected chi connectivity index (χ3v) is 3.89. The molecule has 0 spiro atoms. The van der Waals surface area contributed by atoms with Crippen LogP contribution in [0.4, 0.5) is 0 Å². The molecule has 0 fully saturated rings. The lowest BCUT2D eigenvalue weighted by Gasteiger charge is -2.27. The summed E-state index contributed by atoms with van der Waals surface area (Å²) in [6.45, 7) is 7.10. The van der Waals surface area contributed by atoms with Crippen LogP contribution >= 0.6 is 0 Å². The van der Waals surface area contributed by atoms with Gasteiger partial charge in [0.2, 0.25) is 0 Å². The van der Waals surface area contributed by atoms with E-state index in [1.165, 1.54) is 32.1 Å². The lowest BCUT2D eigenvalue weighted by Crippen LogP contribution is -2.15. The van der Waals surface area contributed by atoms with Gasteiger partial charge in [-0.15, -0.1) is 0 Å². The van der Waals surface area contributed by atoms with Gasteiger partial charge in [-0.2, -0.15) is 0 Å². The van der Waals surface area contributed by atoms with Crippen molar-refractivity contribution >= 4 is 0 Å². The van der Waals surface area contributed by atoms with E-state index in [4.69, 9.17) is 0 Å². The van der Waals surface area contributed by atoms with Crippen molar-refractivity contribution in [2.75, 3.05) is 0 Å². The molecule has 14 heavy (non-hydrogen) atoms. The van der Waals surface area contributed by atoms with Crippen LogP contribution in [-0.4, -0.2) is 0 Å². The van der Waals surface area contributed by atoms with Crippen LogP contribution in [-0.2, 0) is 0 Å². The van der Waals surface area contributed by atoms with Gasteiger partial charge in [0.25, 0.3) is 0 Å². The Morgan fingerprint density at radius 2 is 2.00 bits per heavy atom. The number of fused-ring (bicyclic) bond motifs is 1. The normalized spacial score (nSPS) is 32.3. The van der Waals surface area contributed by atoms with Gasteiger partial charge in [-0.25, -0.2) is 0 Å². The summed E-state index contributed by atoms with van der Waals surface area (Å²) < 4.78 is 0. The van der Waals surface area contributed by atoms with Crippen LogP contribution in [0.15, 0.2) is 23.3 Å². The van der Waals surface area contributed by atoms with Gasteiger partial charge in [-0.05, 0) is 48.2 Å². The maximum Gasteiger partial charge on any atom is -0.00410 e. The highest BCUT2D eigenvalue weighted by Gasteiger charge is 2.35. The highest BCUT2D eigenvalue weighted by atomic mass is 14.4. The SMILES string of the molecule is CC(C)C1=CCC2(C)CCCCC=C12. The van der Waals surface area contributed by atoms with Gasteiger partial charge >= 0.3 is 0 Å². The molecule has 0 saturated heterocycles. The van der Waals surface area contributed by atoms with Crippen molar-refractivity contribution in [1.29, 1.82) is 0 Å². The van der Waals surface area contributed by atoms with E-state index in [0.29, 0.717) is 11.3 Å². The van der Waals surface area contributed by atoms with Crippen LogP contribution in [0, 0.1) is 11.3 Å². The van der Waals surface area contributed by atoms with Crippen LogP contribution in [0.3, 0.4) is 0 Å². The van der Waals surface area contributed by atoms with E-state index in [0.717, 1.165) is 0 Å². The lowest BCUT2D eigenvalue weighted by atomic mass is 9.77. The monoisotopic (exact) mass is 190 g/mol. The highest BCUT2D eigenvalue weighted by Crippen LogP contribution is 2.49. The van der Waals surface area contributed by atoms with Gasteiger partial charge in [0.05, 0.1) is 0 Å². The third-order valence-electron chi connectivity index (χ3n) is 3.89. The van der Waals surface area contributed by atoms with E-state index >= 15 is 0 Å². The summed E-state index contributed by atoms with van der Waals surface area (Å²) in [6, 6.07) is 0. The zero-order valence-corrected chi connectivity index (χ0v) is 9.77.